The Bertz CT molecular complexity index is 663. The second-order valence-electron chi connectivity index (χ2n) is 5.05. The van der Waals surface area contributed by atoms with Crippen LogP contribution in [-0.4, -0.2) is 28.0 Å². The van der Waals surface area contributed by atoms with E-state index in [9.17, 15) is 9.59 Å². The van der Waals surface area contributed by atoms with Crippen molar-refractivity contribution in [1.29, 1.82) is 0 Å². The quantitative estimate of drug-likeness (QED) is 0.885. The third-order valence-electron chi connectivity index (χ3n) is 3.50. The summed E-state index contributed by atoms with van der Waals surface area (Å²) in [5, 5.41) is 11.7. The molecular weight excluding hydrogens is 276 g/mol. The van der Waals surface area contributed by atoms with Crippen LogP contribution in [0.15, 0.2) is 23.7 Å². The number of benzene rings is 1. The average Bonchev–Trinajstić information content (AvgIpc) is 3.15. The van der Waals surface area contributed by atoms with E-state index in [1.165, 1.54) is 11.3 Å². The first-order chi connectivity index (χ1) is 9.63. The summed E-state index contributed by atoms with van der Waals surface area (Å²) >= 11 is 1.48. The number of carboxylic acid groups (broad SMARTS) is 1. The molecule has 20 heavy (non-hydrogen) atoms. The van der Waals surface area contributed by atoms with E-state index in [1.54, 1.807) is 17.6 Å². The van der Waals surface area contributed by atoms with Gasteiger partial charge in [-0.25, -0.2) is 4.98 Å². The lowest BCUT2D eigenvalue weighted by Crippen LogP contribution is -2.38. The minimum absolute atomic E-state index is 0.0147. The van der Waals surface area contributed by atoms with Crippen molar-refractivity contribution in [3.63, 3.8) is 0 Å². The maximum Gasteiger partial charge on any atom is 0.305 e. The smallest absolute Gasteiger partial charge is 0.305 e. The molecule has 1 aromatic heterocycles. The number of thiazole rings is 1. The zero-order valence-corrected chi connectivity index (χ0v) is 11.5. The van der Waals surface area contributed by atoms with Crippen molar-refractivity contribution in [3.05, 3.63) is 29.3 Å². The number of hydrogen-bond donors (Lipinski definition) is 2. The molecule has 0 radical (unpaired) electrons. The monoisotopic (exact) mass is 290 g/mol. The molecule has 1 aliphatic rings. The molecule has 2 N–H and O–H groups in total. The van der Waals surface area contributed by atoms with Gasteiger partial charge in [0.15, 0.2) is 0 Å². The summed E-state index contributed by atoms with van der Waals surface area (Å²) in [5.74, 6) is -0.777. The third-order valence-corrected chi connectivity index (χ3v) is 4.29. The van der Waals surface area contributed by atoms with Gasteiger partial charge in [0.25, 0.3) is 5.91 Å². The Morgan fingerprint density at radius 3 is 2.95 bits per heavy atom. The number of carbonyl (C=O) groups excluding carboxylic acids is 1. The standard InChI is InChI=1S/C14H14N2O3S/c17-13(18)6-11(8-1-2-8)16-14(19)9-3-4-10-12(5-9)20-7-15-10/h3-5,7-8,11H,1-2,6H2,(H,16,19)(H,17,18). The van der Waals surface area contributed by atoms with Gasteiger partial charge in [0.1, 0.15) is 0 Å². The van der Waals surface area contributed by atoms with Gasteiger partial charge >= 0.3 is 5.97 Å². The molecule has 1 aromatic carbocycles. The predicted molar refractivity (Wildman–Crippen MR) is 75.9 cm³/mol. The molecule has 1 heterocycles. The number of carbonyl (C=O) groups is 2. The summed E-state index contributed by atoms with van der Waals surface area (Å²) in [5.41, 5.74) is 3.16. The largest absolute Gasteiger partial charge is 0.481 e. The molecule has 1 saturated carbocycles. The molecule has 5 nitrogen and oxygen atoms in total. The van der Waals surface area contributed by atoms with Crippen LogP contribution in [0.2, 0.25) is 0 Å². The summed E-state index contributed by atoms with van der Waals surface area (Å²) in [7, 11) is 0. The summed E-state index contributed by atoms with van der Waals surface area (Å²) in [6, 6.07) is 5.07. The topological polar surface area (TPSA) is 79.3 Å². The van der Waals surface area contributed by atoms with E-state index in [2.05, 4.69) is 10.3 Å². The zero-order valence-electron chi connectivity index (χ0n) is 10.7. The highest BCUT2D eigenvalue weighted by Crippen LogP contribution is 2.34. The molecule has 6 heteroatoms. The summed E-state index contributed by atoms with van der Waals surface area (Å²) in [6.45, 7) is 0. The van der Waals surface area contributed by atoms with Gasteiger partial charge in [-0.3, -0.25) is 9.59 Å². The van der Waals surface area contributed by atoms with E-state index in [0.717, 1.165) is 23.1 Å². The number of hydrogen-bond acceptors (Lipinski definition) is 4. The fourth-order valence-electron chi connectivity index (χ4n) is 2.27. The molecule has 104 valence electrons. The van der Waals surface area contributed by atoms with Crippen LogP contribution in [-0.2, 0) is 4.79 Å². The maximum absolute atomic E-state index is 12.2. The minimum atomic E-state index is -0.875. The molecule has 0 saturated heterocycles. The average molecular weight is 290 g/mol. The number of fused-ring (bicyclic) bond motifs is 1. The normalized spacial score (nSPS) is 16.0. The van der Waals surface area contributed by atoms with Gasteiger partial charge in [0.05, 0.1) is 22.1 Å². The van der Waals surface area contributed by atoms with E-state index < -0.39 is 5.97 Å². The first-order valence-corrected chi connectivity index (χ1v) is 7.37. The first-order valence-electron chi connectivity index (χ1n) is 6.49. The van der Waals surface area contributed by atoms with Gasteiger partial charge in [-0.05, 0) is 37.0 Å². The SMILES string of the molecule is O=C(O)CC(NC(=O)c1ccc2ncsc2c1)C1CC1. The zero-order chi connectivity index (χ0) is 14.1. The lowest BCUT2D eigenvalue weighted by atomic mass is 10.1. The Kier molecular flexibility index (Phi) is 3.40. The fourth-order valence-corrected chi connectivity index (χ4v) is 2.99. The molecule has 0 bridgehead atoms. The molecule has 1 amide bonds. The first kappa shape index (κ1) is 13.1. The lowest BCUT2D eigenvalue weighted by Gasteiger charge is -2.16. The van der Waals surface area contributed by atoms with Crippen LogP contribution in [0.5, 0.6) is 0 Å². The number of amides is 1. The van der Waals surface area contributed by atoms with Gasteiger partial charge in [-0.1, -0.05) is 0 Å². The number of rotatable bonds is 5. The van der Waals surface area contributed by atoms with Crippen molar-refractivity contribution in [2.75, 3.05) is 0 Å². The van der Waals surface area contributed by atoms with Crippen LogP contribution >= 0.6 is 11.3 Å². The van der Waals surface area contributed by atoms with Gasteiger partial charge in [-0.2, -0.15) is 0 Å². The number of carboxylic acids is 1. The van der Waals surface area contributed by atoms with Crippen molar-refractivity contribution < 1.29 is 14.7 Å². The molecule has 0 spiro atoms. The van der Waals surface area contributed by atoms with E-state index in [1.807, 2.05) is 6.07 Å². The van der Waals surface area contributed by atoms with E-state index >= 15 is 0 Å². The Labute approximate surface area is 119 Å². The Morgan fingerprint density at radius 1 is 1.45 bits per heavy atom. The number of nitrogens with zero attached hydrogens (tertiary/aromatic N) is 1. The van der Waals surface area contributed by atoms with Crippen molar-refractivity contribution in [3.8, 4) is 0 Å². The van der Waals surface area contributed by atoms with Crippen LogP contribution in [0, 0.1) is 5.92 Å². The van der Waals surface area contributed by atoms with E-state index in [4.69, 9.17) is 5.11 Å². The van der Waals surface area contributed by atoms with E-state index in [0.29, 0.717) is 11.5 Å². The third kappa shape index (κ3) is 2.80. The van der Waals surface area contributed by atoms with Gasteiger partial charge in [0, 0.05) is 11.6 Å². The Hall–Kier alpha value is -1.95. The van der Waals surface area contributed by atoms with Crippen molar-refractivity contribution >= 4 is 33.4 Å². The van der Waals surface area contributed by atoms with Crippen LogP contribution in [0.1, 0.15) is 29.6 Å². The Morgan fingerprint density at radius 2 is 2.25 bits per heavy atom. The molecule has 2 aromatic rings. The summed E-state index contributed by atoms with van der Waals surface area (Å²) < 4.78 is 0.957. The minimum Gasteiger partial charge on any atom is -0.481 e. The molecule has 1 atom stereocenters. The molecular formula is C14H14N2O3S. The van der Waals surface area contributed by atoms with Crippen molar-refractivity contribution in [2.24, 2.45) is 5.92 Å². The molecule has 1 unspecified atom stereocenters. The summed E-state index contributed by atoms with van der Waals surface area (Å²) in [6.07, 6.45) is 1.97. The Balaban J connectivity index is 1.75. The maximum atomic E-state index is 12.2. The van der Waals surface area contributed by atoms with Crippen molar-refractivity contribution in [1.82, 2.24) is 10.3 Å². The lowest BCUT2D eigenvalue weighted by molar-refractivity contribution is -0.137. The summed E-state index contributed by atoms with van der Waals surface area (Å²) in [4.78, 5) is 27.2. The molecule has 0 aliphatic heterocycles. The second kappa shape index (κ2) is 5.20. The van der Waals surface area contributed by atoms with Crippen LogP contribution in [0.3, 0.4) is 0 Å². The van der Waals surface area contributed by atoms with Crippen LogP contribution in [0.4, 0.5) is 0 Å². The van der Waals surface area contributed by atoms with E-state index in [-0.39, 0.29) is 18.4 Å². The van der Waals surface area contributed by atoms with Crippen LogP contribution < -0.4 is 5.32 Å². The number of aliphatic carboxylic acids is 1. The molecule has 3 rings (SSSR count). The molecule has 1 fully saturated rings. The van der Waals surface area contributed by atoms with Gasteiger partial charge < -0.3 is 10.4 Å². The second-order valence-corrected chi connectivity index (χ2v) is 5.94. The van der Waals surface area contributed by atoms with Crippen molar-refractivity contribution in [2.45, 2.75) is 25.3 Å². The highest BCUT2D eigenvalue weighted by atomic mass is 32.1. The number of nitrogens with one attached hydrogen (secondary N) is 1. The fraction of sp³-hybridized carbons (Fsp3) is 0.357. The number of aromatic nitrogens is 1. The predicted octanol–water partition coefficient (Wildman–Crippen LogP) is 2.28. The van der Waals surface area contributed by atoms with Gasteiger partial charge in [0.2, 0.25) is 0 Å². The highest BCUT2D eigenvalue weighted by molar-refractivity contribution is 7.16. The van der Waals surface area contributed by atoms with Crippen LogP contribution in [0.25, 0.3) is 10.2 Å². The van der Waals surface area contributed by atoms with Gasteiger partial charge in [-0.15, -0.1) is 11.3 Å². The highest BCUT2D eigenvalue weighted by Gasteiger charge is 2.33. The molecule has 1 aliphatic carbocycles.